The lowest BCUT2D eigenvalue weighted by molar-refractivity contribution is -0.142. The summed E-state index contributed by atoms with van der Waals surface area (Å²) in [6.07, 6.45) is 0.168. The molecule has 4 rings (SSSR count). The van der Waals surface area contributed by atoms with Crippen LogP contribution in [-0.4, -0.2) is 48.2 Å². The molecule has 0 aliphatic rings. The predicted molar refractivity (Wildman–Crippen MR) is 135 cm³/mol. The summed E-state index contributed by atoms with van der Waals surface area (Å²) in [6.45, 7) is 2.37. The lowest BCUT2D eigenvalue weighted by atomic mass is 10.1. The zero-order valence-electron chi connectivity index (χ0n) is 20.4. The number of fused-ring (bicyclic) bond motifs is 1. The molecule has 1 heterocycles. The summed E-state index contributed by atoms with van der Waals surface area (Å²) in [5.74, 6) is -0.414. The number of esters is 1. The Hall–Kier alpha value is -4.53. The van der Waals surface area contributed by atoms with Crippen molar-refractivity contribution >= 4 is 22.9 Å². The summed E-state index contributed by atoms with van der Waals surface area (Å²) in [5, 5.41) is 2.67. The van der Waals surface area contributed by atoms with Gasteiger partial charge in [0.2, 0.25) is 5.88 Å². The normalized spacial score (nSPS) is 11.5. The average Bonchev–Trinajstić information content (AvgIpc) is 2.92. The van der Waals surface area contributed by atoms with Crippen LogP contribution in [0.25, 0.3) is 11.0 Å². The number of halogens is 1. The van der Waals surface area contributed by atoms with E-state index in [-0.39, 0.29) is 25.5 Å². The second kappa shape index (κ2) is 11.9. The molecule has 0 saturated carbocycles. The highest BCUT2D eigenvalue weighted by atomic mass is 19.1. The van der Waals surface area contributed by atoms with Crippen molar-refractivity contribution in [1.29, 1.82) is 0 Å². The number of nitrogens with one attached hydrogen (secondary N) is 1. The molecule has 1 atom stereocenters. The quantitative estimate of drug-likeness (QED) is 0.257. The van der Waals surface area contributed by atoms with Crippen LogP contribution in [0.5, 0.6) is 11.6 Å². The van der Waals surface area contributed by atoms with E-state index in [1.54, 1.807) is 36.4 Å². The van der Waals surface area contributed by atoms with Gasteiger partial charge in [0.25, 0.3) is 5.91 Å². The number of aromatic nitrogens is 2. The maximum atomic E-state index is 13.2. The van der Waals surface area contributed by atoms with E-state index in [2.05, 4.69) is 15.3 Å². The first-order valence-corrected chi connectivity index (χ1v) is 11.6. The average molecular weight is 504 g/mol. The maximum Gasteiger partial charge on any atom is 0.328 e. The van der Waals surface area contributed by atoms with Gasteiger partial charge in [-0.15, -0.1) is 0 Å². The molecule has 0 spiro atoms. The van der Waals surface area contributed by atoms with Crippen molar-refractivity contribution in [3.63, 3.8) is 0 Å². The minimum Gasteiger partial charge on any atom is -0.490 e. The number of para-hydroxylation sites is 2. The highest BCUT2D eigenvalue weighted by Gasteiger charge is 2.22. The Kier molecular flexibility index (Phi) is 8.25. The molecule has 3 aromatic carbocycles. The van der Waals surface area contributed by atoms with Crippen LogP contribution < -0.4 is 14.8 Å². The van der Waals surface area contributed by atoms with E-state index in [4.69, 9.17) is 14.2 Å². The lowest BCUT2D eigenvalue weighted by Crippen LogP contribution is -2.43. The zero-order chi connectivity index (χ0) is 26.2. The molecule has 9 heteroatoms. The largest absolute Gasteiger partial charge is 0.490 e. The highest BCUT2D eigenvalue weighted by molar-refractivity contribution is 5.97. The number of amides is 1. The first-order valence-electron chi connectivity index (χ1n) is 11.6. The minimum absolute atomic E-state index is 0.168. The van der Waals surface area contributed by atoms with E-state index in [1.807, 2.05) is 31.2 Å². The number of carbonyl (C=O) groups excluding carboxylic acids is 2. The van der Waals surface area contributed by atoms with Gasteiger partial charge in [-0.25, -0.2) is 19.2 Å². The van der Waals surface area contributed by atoms with Crippen LogP contribution in [-0.2, 0) is 16.0 Å². The topological polar surface area (TPSA) is 99.6 Å². The molecule has 0 fully saturated rings. The summed E-state index contributed by atoms with van der Waals surface area (Å²) in [7, 11) is 1.25. The third-order valence-corrected chi connectivity index (χ3v) is 5.55. The van der Waals surface area contributed by atoms with Gasteiger partial charge < -0.3 is 19.5 Å². The van der Waals surface area contributed by atoms with Gasteiger partial charge in [0.05, 0.1) is 18.1 Å². The lowest BCUT2D eigenvalue weighted by Gasteiger charge is -2.17. The number of ether oxygens (including phenoxy) is 3. The molecule has 0 radical (unpaired) electrons. The highest BCUT2D eigenvalue weighted by Crippen LogP contribution is 2.18. The zero-order valence-corrected chi connectivity index (χ0v) is 20.4. The van der Waals surface area contributed by atoms with Crippen molar-refractivity contribution in [2.45, 2.75) is 19.4 Å². The van der Waals surface area contributed by atoms with Crippen molar-refractivity contribution in [3.05, 3.63) is 95.4 Å². The second-order valence-corrected chi connectivity index (χ2v) is 8.20. The fraction of sp³-hybridized carbons (Fsp3) is 0.214. The van der Waals surface area contributed by atoms with Crippen LogP contribution in [0, 0.1) is 12.7 Å². The Morgan fingerprint density at radius 3 is 2.22 bits per heavy atom. The monoisotopic (exact) mass is 503 g/mol. The molecule has 0 unspecified atom stereocenters. The third kappa shape index (κ3) is 6.78. The predicted octanol–water partition coefficient (Wildman–Crippen LogP) is 4.05. The van der Waals surface area contributed by atoms with Gasteiger partial charge in [-0.05, 0) is 61.0 Å². The number of aryl methyl sites for hydroxylation is 1. The van der Waals surface area contributed by atoms with Crippen LogP contribution in [0.1, 0.15) is 21.6 Å². The number of nitrogens with zero attached hydrogens (tertiary/aromatic N) is 2. The van der Waals surface area contributed by atoms with E-state index in [1.165, 1.54) is 19.2 Å². The Labute approximate surface area is 213 Å². The van der Waals surface area contributed by atoms with Gasteiger partial charge >= 0.3 is 5.97 Å². The third-order valence-electron chi connectivity index (χ3n) is 5.55. The molecule has 8 nitrogen and oxygen atoms in total. The first-order chi connectivity index (χ1) is 17.9. The molecule has 1 N–H and O–H groups in total. The Morgan fingerprint density at radius 2 is 1.54 bits per heavy atom. The molecule has 37 heavy (non-hydrogen) atoms. The van der Waals surface area contributed by atoms with E-state index in [0.717, 1.165) is 11.0 Å². The summed E-state index contributed by atoms with van der Waals surface area (Å²) < 4.78 is 29.4. The van der Waals surface area contributed by atoms with Crippen molar-refractivity contribution < 1.29 is 28.2 Å². The van der Waals surface area contributed by atoms with Crippen molar-refractivity contribution in [2.24, 2.45) is 0 Å². The Morgan fingerprint density at radius 1 is 0.892 bits per heavy atom. The van der Waals surface area contributed by atoms with E-state index in [9.17, 15) is 14.0 Å². The molecular weight excluding hydrogens is 477 g/mol. The van der Waals surface area contributed by atoms with E-state index >= 15 is 0 Å². The van der Waals surface area contributed by atoms with Gasteiger partial charge in [-0.3, -0.25) is 4.79 Å². The van der Waals surface area contributed by atoms with Gasteiger partial charge in [0.15, 0.2) is 0 Å². The molecule has 0 saturated heterocycles. The number of hydrogen-bond acceptors (Lipinski definition) is 7. The van der Waals surface area contributed by atoms with E-state index < -0.39 is 17.9 Å². The van der Waals surface area contributed by atoms with Gasteiger partial charge in [-0.2, -0.15) is 0 Å². The standard InChI is InChI=1S/C28H26FN3O5/c1-18-27(32-24-6-4-3-5-23(24)30-18)37-16-15-36-22-13-9-20(10-14-22)26(33)31-25(28(34)35-2)17-19-7-11-21(29)12-8-19/h3-14,25H,15-17H2,1-2H3,(H,31,33)/t25-/m0/s1. The summed E-state index contributed by atoms with van der Waals surface area (Å²) in [6, 6.07) is 18.9. The number of rotatable bonds is 10. The molecule has 1 amide bonds. The Balaban J connectivity index is 1.29. The smallest absolute Gasteiger partial charge is 0.328 e. The van der Waals surface area contributed by atoms with Gasteiger partial charge in [-0.1, -0.05) is 24.3 Å². The summed E-state index contributed by atoms with van der Waals surface area (Å²) >= 11 is 0. The van der Waals surface area contributed by atoms with Crippen LogP contribution in [0.3, 0.4) is 0 Å². The molecule has 190 valence electrons. The van der Waals surface area contributed by atoms with Crippen LogP contribution in [0.2, 0.25) is 0 Å². The molecule has 4 aromatic rings. The van der Waals surface area contributed by atoms with Crippen LogP contribution in [0.15, 0.2) is 72.8 Å². The maximum absolute atomic E-state index is 13.2. The van der Waals surface area contributed by atoms with Crippen molar-refractivity contribution in [1.82, 2.24) is 15.3 Å². The minimum atomic E-state index is -0.919. The fourth-order valence-electron chi connectivity index (χ4n) is 3.64. The van der Waals surface area contributed by atoms with Gasteiger partial charge in [0, 0.05) is 12.0 Å². The van der Waals surface area contributed by atoms with Crippen molar-refractivity contribution in [2.75, 3.05) is 20.3 Å². The van der Waals surface area contributed by atoms with Crippen LogP contribution in [0.4, 0.5) is 4.39 Å². The number of methoxy groups -OCH3 is 1. The summed E-state index contributed by atoms with van der Waals surface area (Å²) in [4.78, 5) is 33.9. The fourth-order valence-corrected chi connectivity index (χ4v) is 3.64. The van der Waals surface area contributed by atoms with Gasteiger partial charge in [0.1, 0.15) is 36.5 Å². The number of benzene rings is 3. The SMILES string of the molecule is COC(=O)[C@H](Cc1ccc(F)cc1)NC(=O)c1ccc(OCCOc2nc3ccccc3nc2C)cc1. The molecule has 0 aliphatic heterocycles. The Bertz CT molecular complexity index is 1380. The van der Waals surface area contributed by atoms with E-state index in [0.29, 0.717) is 28.5 Å². The molecule has 0 aliphatic carbocycles. The molecular formula is C28H26FN3O5. The van der Waals surface area contributed by atoms with Crippen molar-refractivity contribution in [3.8, 4) is 11.6 Å². The summed E-state index contributed by atoms with van der Waals surface area (Å²) in [5.41, 5.74) is 3.29. The molecule has 1 aromatic heterocycles. The second-order valence-electron chi connectivity index (χ2n) is 8.20. The number of hydrogen-bond donors (Lipinski definition) is 1. The first kappa shape index (κ1) is 25.6. The van der Waals surface area contributed by atoms with Crippen LogP contribution >= 0.6 is 0 Å². The molecule has 0 bridgehead atoms. The number of carbonyl (C=O) groups is 2.